The largest absolute Gasteiger partial charge is 0.381 e. The summed E-state index contributed by atoms with van der Waals surface area (Å²) in [4.78, 5) is 19.7. The Hall–Kier alpha value is -1.24. The summed E-state index contributed by atoms with van der Waals surface area (Å²) in [6.07, 6.45) is 4.88. The second-order valence-corrected chi connectivity index (χ2v) is 9.21. The van der Waals surface area contributed by atoms with Gasteiger partial charge in [0.15, 0.2) is 11.1 Å². The molecule has 0 aliphatic carbocycles. The molecule has 0 aliphatic heterocycles. The molecule has 2 N–H and O–H groups in total. The molecule has 0 fully saturated rings. The smallest absolute Gasteiger partial charge is 0.166 e. The van der Waals surface area contributed by atoms with Crippen LogP contribution in [0.2, 0.25) is 10.2 Å². The first-order valence-electron chi connectivity index (χ1n) is 5.92. The van der Waals surface area contributed by atoms with Gasteiger partial charge >= 0.3 is 0 Å². The van der Waals surface area contributed by atoms with Crippen LogP contribution in [-0.2, 0) is 14.2 Å². The van der Waals surface area contributed by atoms with E-state index in [1.165, 1.54) is 18.0 Å². The molecule has 5 nitrogen and oxygen atoms in total. The predicted molar refractivity (Wildman–Crippen MR) is 94.0 cm³/mol. The number of carbonyl (C=O) groups excluding carboxylic acids is 1. The van der Waals surface area contributed by atoms with Crippen LogP contribution in [0.25, 0.3) is 0 Å². The minimum absolute atomic E-state index is 0.225. The fourth-order valence-corrected chi connectivity index (χ4v) is 3.43. The number of hydrogen-bond donors (Lipinski definition) is 1. The van der Waals surface area contributed by atoms with E-state index in [0.29, 0.717) is 20.6 Å². The van der Waals surface area contributed by atoms with E-state index in [9.17, 15) is 4.79 Å². The molecule has 116 valence electrons. The number of benzene rings is 1. The maximum Gasteiger partial charge on any atom is 0.166 e. The lowest BCUT2D eigenvalue weighted by Crippen LogP contribution is -1.96. The maximum absolute atomic E-state index is 10.9. The zero-order valence-corrected chi connectivity index (χ0v) is 14.9. The van der Waals surface area contributed by atoms with Crippen LogP contribution in [0.5, 0.6) is 0 Å². The lowest BCUT2D eigenvalue weighted by atomic mass is 10.3. The summed E-state index contributed by atoms with van der Waals surface area (Å²) in [6, 6.07) is 5.36. The van der Waals surface area contributed by atoms with Gasteiger partial charge in [-0.15, -0.1) is 0 Å². The third-order valence-corrected chi connectivity index (χ3v) is 5.24. The van der Waals surface area contributed by atoms with E-state index in [1.54, 1.807) is 24.6 Å². The molecular weight excluding hydrogens is 363 g/mol. The average molecular weight is 375 g/mol. The Bertz CT molecular complexity index is 864. The van der Waals surface area contributed by atoms with Gasteiger partial charge in [0.2, 0.25) is 0 Å². The van der Waals surface area contributed by atoms with E-state index >= 15 is 0 Å². The molecule has 0 saturated carbocycles. The van der Waals surface area contributed by atoms with Crippen molar-refractivity contribution in [3.63, 3.8) is 0 Å². The monoisotopic (exact) mass is 374 g/mol. The predicted octanol–water partition coefficient (Wildman–Crippen LogP) is 3.81. The molecule has 0 atom stereocenters. The minimum atomic E-state index is -1.84. The molecule has 0 amide bonds. The molecule has 2 rings (SSSR count). The zero-order chi connectivity index (χ0) is 16.3. The number of aromatic nitrogens is 2. The van der Waals surface area contributed by atoms with E-state index in [-0.39, 0.29) is 11.0 Å². The second-order valence-electron chi connectivity index (χ2n) is 4.52. The lowest BCUT2D eigenvalue weighted by Gasteiger charge is -2.08. The van der Waals surface area contributed by atoms with Crippen LogP contribution in [0.1, 0.15) is 0 Å². The standard InChI is InChI=1S/C13H12Cl2N4OS2/c1-22(2,7-20)19-8-4-3-5-9(11(8)15)21-13-12(16)18-10(14)6-17-13/h3-6H,1-2H3,(H2,16,18). The SMILES string of the molecule is CS(C)(=C=O)=Nc1cccc(Sc2ncc(Cl)nc2N)c1Cl. The third kappa shape index (κ3) is 4.15. The quantitative estimate of drug-likeness (QED) is 0.825. The van der Waals surface area contributed by atoms with E-state index in [2.05, 4.69) is 14.3 Å². The Morgan fingerprint density at radius 1 is 1.36 bits per heavy atom. The molecule has 9 heteroatoms. The van der Waals surface area contributed by atoms with Crippen molar-refractivity contribution in [3.8, 4) is 0 Å². The fraction of sp³-hybridized carbons (Fsp3) is 0.154. The zero-order valence-electron chi connectivity index (χ0n) is 11.7. The first-order valence-corrected chi connectivity index (χ1v) is 9.90. The topological polar surface area (TPSA) is 81.2 Å². The number of anilines is 1. The summed E-state index contributed by atoms with van der Waals surface area (Å²) in [5.41, 5.74) is 6.33. The first kappa shape index (κ1) is 17.1. The van der Waals surface area contributed by atoms with Crippen molar-refractivity contribution in [2.45, 2.75) is 9.92 Å². The number of nitrogens with zero attached hydrogens (tertiary/aromatic N) is 3. The first-order chi connectivity index (χ1) is 10.3. The van der Waals surface area contributed by atoms with Crippen molar-refractivity contribution >= 4 is 61.1 Å². The van der Waals surface area contributed by atoms with Gasteiger partial charge < -0.3 is 5.73 Å². The highest BCUT2D eigenvalue weighted by molar-refractivity contribution is 8.01. The highest BCUT2D eigenvalue weighted by atomic mass is 35.5. The van der Waals surface area contributed by atoms with Crippen molar-refractivity contribution in [1.29, 1.82) is 0 Å². The Morgan fingerprint density at radius 2 is 2.09 bits per heavy atom. The molecule has 22 heavy (non-hydrogen) atoms. The van der Waals surface area contributed by atoms with Crippen LogP contribution in [0.4, 0.5) is 11.5 Å². The van der Waals surface area contributed by atoms with Crippen molar-refractivity contribution in [3.05, 3.63) is 34.6 Å². The Morgan fingerprint density at radius 3 is 2.73 bits per heavy atom. The van der Waals surface area contributed by atoms with E-state index in [0.717, 1.165) is 0 Å². The molecule has 0 aliphatic rings. The summed E-state index contributed by atoms with van der Waals surface area (Å²) < 4.78 is 4.37. The van der Waals surface area contributed by atoms with Crippen LogP contribution in [0.15, 0.2) is 38.7 Å². The van der Waals surface area contributed by atoms with Crippen LogP contribution >= 0.6 is 35.0 Å². The van der Waals surface area contributed by atoms with Crippen molar-refractivity contribution in [1.82, 2.24) is 9.97 Å². The summed E-state index contributed by atoms with van der Waals surface area (Å²) in [6.45, 7) is 0. The van der Waals surface area contributed by atoms with Crippen molar-refractivity contribution < 1.29 is 4.79 Å². The van der Waals surface area contributed by atoms with Crippen molar-refractivity contribution in [2.75, 3.05) is 18.2 Å². The molecule has 1 aromatic carbocycles. The van der Waals surface area contributed by atoms with Gasteiger partial charge in [0, 0.05) is 4.90 Å². The number of nitrogens with two attached hydrogens (primary N) is 1. The van der Waals surface area contributed by atoms with Crippen molar-refractivity contribution in [2.24, 2.45) is 4.36 Å². The summed E-state index contributed by atoms with van der Waals surface area (Å²) in [5.74, 6) is 0.225. The third-order valence-electron chi connectivity index (χ3n) is 2.41. The number of nitrogen functional groups attached to an aromatic ring is 1. The number of hydrogen-bond acceptors (Lipinski definition) is 6. The van der Waals surface area contributed by atoms with Gasteiger partial charge in [-0.3, -0.25) is 0 Å². The van der Waals surface area contributed by atoms with Gasteiger partial charge in [-0.1, -0.05) is 50.4 Å². The normalized spacial score (nSPS) is 11.1. The van der Waals surface area contributed by atoms with Crippen LogP contribution in [-0.4, -0.2) is 27.7 Å². The Kier molecular flexibility index (Phi) is 5.36. The Labute approximate surface area is 142 Å². The number of halogens is 2. The lowest BCUT2D eigenvalue weighted by molar-refractivity contribution is 0.571. The molecule has 1 heterocycles. The van der Waals surface area contributed by atoms with Crippen LogP contribution in [0.3, 0.4) is 0 Å². The van der Waals surface area contributed by atoms with E-state index in [1.807, 2.05) is 11.3 Å². The molecule has 1 aromatic heterocycles. The van der Waals surface area contributed by atoms with E-state index in [4.69, 9.17) is 28.9 Å². The highest BCUT2D eigenvalue weighted by Crippen LogP contribution is 2.39. The van der Waals surface area contributed by atoms with Gasteiger partial charge in [-0.2, -0.15) is 0 Å². The van der Waals surface area contributed by atoms with Crippen LogP contribution < -0.4 is 5.73 Å². The highest BCUT2D eigenvalue weighted by Gasteiger charge is 2.11. The molecule has 2 aromatic rings. The molecule has 0 bridgehead atoms. The van der Waals surface area contributed by atoms with Gasteiger partial charge in [0.05, 0.1) is 16.9 Å². The fourth-order valence-electron chi connectivity index (χ4n) is 1.47. The summed E-state index contributed by atoms with van der Waals surface area (Å²) in [7, 11) is -1.84. The van der Waals surface area contributed by atoms with Crippen LogP contribution in [0, 0.1) is 0 Å². The molecular formula is C13H12Cl2N4OS2. The minimum Gasteiger partial charge on any atom is -0.381 e. The van der Waals surface area contributed by atoms with Gasteiger partial charge in [-0.25, -0.2) is 19.1 Å². The Balaban J connectivity index is 2.46. The second kappa shape index (κ2) is 6.89. The molecule has 0 spiro atoms. The van der Waals surface area contributed by atoms with Gasteiger partial charge in [0.25, 0.3) is 0 Å². The molecule has 0 saturated heterocycles. The summed E-state index contributed by atoms with van der Waals surface area (Å²) >= 11 is 13.3. The summed E-state index contributed by atoms with van der Waals surface area (Å²) in [5, 5.41) is 3.10. The average Bonchev–Trinajstić information content (AvgIpc) is 2.46. The maximum atomic E-state index is 10.9. The molecule has 0 radical (unpaired) electrons. The molecule has 0 unspecified atom stereocenters. The van der Waals surface area contributed by atoms with Gasteiger partial charge in [-0.05, 0) is 24.6 Å². The van der Waals surface area contributed by atoms with Gasteiger partial charge in [0.1, 0.15) is 10.2 Å². The number of rotatable bonds is 3. The van der Waals surface area contributed by atoms with E-state index < -0.39 is 9.41 Å².